The van der Waals surface area contributed by atoms with Gasteiger partial charge in [0.25, 0.3) is 5.91 Å². The normalized spacial score (nSPS) is 9.91. The van der Waals surface area contributed by atoms with E-state index in [0.717, 1.165) is 19.4 Å². The summed E-state index contributed by atoms with van der Waals surface area (Å²) in [6, 6.07) is 16.2. The molecule has 0 atom stereocenters. The molecule has 4 N–H and O–H groups in total. The quantitative estimate of drug-likeness (QED) is 0.384. The second-order valence-electron chi connectivity index (χ2n) is 4.97. The number of nitrogens with one attached hydrogen (secondary N) is 3. The standard InChI is InChI=1S/C17H19N3O2S/c21-15-10-8-14(9-11-15)16(22)19-20-17(23)18-12-4-7-13-5-2-1-3-6-13/h1-3,5-6,8-11,21H,4,7,12H2,(H,19,22)(H2,18,20,23). The second kappa shape index (κ2) is 8.75. The van der Waals surface area contributed by atoms with Crippen molar-refractivity contribution in [2.24, 2.45) is 0 Å². The minimum atomic E-state index is -0.321. The molecule has 5 nitrogen and oxygen atoms in total. The van der Waals surface area contributed by atoms with Crippen LogP contribution in [-0.2, 0) is 6.42 Å². The highest BCUT2D eigenvalue weighted by Crippen LogP contribution is 2.08. The Labute approximate surface area is 140 Å². The monoisotopic (exact) mass is 329 g/mol. The minimum absolute atomic E-state index is 0.116. The smallest absolute Gasteiger partial charge is 0.269 e. The van der Waals surface area contributed by atoms with Crippen molar-refractivity contribution in [1.82, 2.24) is 16.2 Å². The van der Waals surface area contributed by atoms with Crippen molar-refractivity contribution in [3.8, 4) is 5.75 Å². The average molecular weight is 329 g/mol. The summed E-state index contributed by atoms with van der Waals surface area (Å²) in [6.07, 6.45) is 1.91. The molecule has 0 radical (unpaired) electrons. The molecule has 0 aliphatic rings. The first kappa shape index (κ1) is 16.8. The Kier molecular flexibility index (Phi) is 6.38. The zero-order valence-corrected chi connectivity index (χ0v) is 13.4. The van der Waals surface area contributed by atoms with Gasteiger partial charge in [-0.2, -0.15) is 0 Å². The summed E-state index contributed by atoms with van der Waals surface area (Å²) in [7, 11) is 0. The topological polar surface area (TPSA) is 73.4 Å². The fourth-order valence-electron chi connectivity index (χ4n) is 1.98. The van der Waals surface area contributed by atoms with Crippen LogP contribution in [0.5, 0.6) is 5.75 Å². The number of carbonyl (C=O) groups excluding carboxylic acids is 1. The Hall–Kier alpha value is -2.60. The predicted octanol–water partition coefficient (Wildman–Crippen LogP) is 2.13. The number of aryl methyl sites for hydroxylation is 1. The molecular formula is C17H19N3O2S. The third-order valence-corrected chi connectivity index (χ3v) is 3.44. The lowest BCUT2D eigenvalue weighted by molar-refractivity contribution is 0.0943. The lowest BCUT2D eigenvalue weighted by Gasteiger charge is -2.11. The maximum absolute atomic E-state index is 11.8. The molecule has 0 saturated carbocycles. The number of phenolic OH excluding ortho intramolecular Hbond substituents is 1. The van der Waals surface area contributed by atoms with Crippen LogP contribution < -0.4 is 16.2 Å². The Bertz CT molecular complexity index is 645. The van der Waals surface area contributed by atoms with Crippen LogP contribution in [-0.4, -0.2) is 22.7 Å². The van der Waals surface area contributed by atoms with Crippen molar-refractivity contribution in [3.05, 3.63) is 65.7 Å². The van der Waals surface area contributed by atoms with Crippen LogP contribution >= 0.6 is 12.2 Å². The van der Waals surface area contributed by atoms with Crippen LogP contribution in [0.25, 0.3) is 0 Å². The van der Waals surface area contributed by atoms with E-state index in [2.05, 4.69) is 28.3 Å². The van der Waals surface area contributed by atoms with Gasteiger partial charge in [0.15, 0.2) is 5.11 Å². The maximum Gasteiger partial charge on any atom is 0.269 e. The number of thiocarbonyl (C=S) groups is 1. The van der Waals surface area contributed by atoms with E-state index < -0.39 is 0 Å². The van der Waals surface area contributed by atoms with Crippen molar-refractivity contribution in [2.75, 3.05) is 6.54 Å². The molecule has 0 saturated heterocycles. The van der Waals surface area contributed by atoms with Crippen LogP contribution in [0.2, 0.25) is 0 Å². The Morgan fingerprint density at radius 1 is 1.00 bits per heavy atom. The van der Waals surface area contributed by atoms with Crippen molar-refractivity contribution < 1.29 is 9.90 Å². The third-order valence-electron chi connectivity index (χ3n) is 3.19. The van der Waals surface area contributed by atoms with Crippen LogP contribution in [0.15, 0.2) is 54.6 Å². The number of rotatable bonds is 5. The molecular weight excluding hydrogens is 310 g/mol. The summed E-state index contributed by atoms with van der Waals surface area (Å²) in [4.78, 5) is 11.8. The summed E-state index contributed by atoms with van der Waals surface area (Å²) in [5.41, 5.74) is 6.87. The SMILES string of the molecule is O=C(NNC(=S)NCCCc1ccccc1)c1ccc(O)cc1. The summed E-state index contributed by atoms with van der Waals surface area (Å²) < 4.78 is 0. The van der Waals surface area contributed by atoms with Crippen LogP contribution in [0.1, 0.15) is 22.3 Å². The molecule has 2 aromatic carbocycles. The number of phenols is 1. The molecule has 0 unspecified atom stereocenters. The lowest BCUT2D eigenvalue weighted by Crippen LogP contribution is -2.47. The van der Waals surface area contributed by atoms with Gasteiger partial charge < -0.3 is 10.4 Å². The number of carbonyl (C=O) groups is 1. The number of hydrogen-bond acceptors (Lipinski definition) is 3. The zero-order valence-electron chi connectivity index (χ0n) is 12.6. The molecule has 0 spiro atoms. The van der Waals surface area contributed by atoms with Crippen LogP contribution in [0.4, 0.5) is 0 Å². The van der Waals surface area contributed by atoms with Gasteiger partial charge in [-0.15, -0.1) is 0 Å². The first-order valence-corrected chi connectivity index (χ1v) is 7.73. The van der Waals surface area contributed by atoms with Gasteiger partial charge in [-0.3, -0.25) is 15.6 Å². The summed E-state index contributed by atoms with van der Waals surface area (Å²) >= 11 is 5.10. The van der Waals surface area contributed by atoms with Gasteiger partial charge in [0.2, 0.25) is 0 Å². The largest absolute Gasteiger partial charge is 0.508 e. The van der Waals surface area contributed by atoms with E-state index in [1.165, 1.54) is 29.8 Å². The summed E-state index contributed by atoms with van der Waals surface area (Å²) in [6.45, 7) is 0.718. The average Bonchev–Trinajstić information content (AvgIpc) is 2.58. The molecule has 2 aromatic rings. The number of hydrogen-bond donors (Lipinski definition) is 4. The van der Waals surface area contributed by atoms with Gasteiger partial charge in [0, 0.05) is 12.1 Å². The van der Waals surface area contributed by atoms with Gasteiger partial charge in [0.1, 0.15) is 5.75 Å². The Morgan fingerprint density at radius 2 is 1.70 bits per heavy atom. The van der Waals surface area contributed by atoms with Gasteiger partial charge in [-0.25, -0.2) is 0 Å². The van der Waals surface area contributed by atoms with Gasteiger partial charge in [0.05, 0.1) is 0 Å². The van der Waals surface area contributed by atoms with Crippen LogP contribution in [0, 0.1) is 0 Å². The number of aromatic hydroxyl groups is 1. The number of hydrazine groups is 1. The maximum atomic E-state index is 11.8. The van der Waals surface area contributed by atoms with Crippen molar-refractivity contribution in [2.45, 2.75) is 12.8 Å². The summed E-state index contributed by atoms with van der Waals surface area (Å²) in [5, 5.41) is 12.6. The Morgan fingerprint density at radius 3 is 2.39 bits per heavy atom. The van der Waals surface area contributed by atoms with Gasteiger partial charge in [-0.1, -0.05) is 30.3 Å². The summed E-state index contributed by atoms with van der Waals surface area (Å²) in [5.74, 6) is -0.205. The molecule has 0 bridgehead atoms. The molecule has 1 amide bonds. The second-order valence-corrected chi connectivity index (χ2v) is 5.38. The van der Waals surface area contributed by atoms with Crippen molar-refractivity contribution in [1.29, 1.82) is 0 Å². The fraction of sp³-hybridized carbons (Fsp3) is 0.176. The fourth-order valence-corrected chi connectivity index (χ4v) is 2.13. The van der Waals surface area contributed by atoms with E-state index in [1.54, 1.807) is 0 Å². The highest BCUT2D eigenvalue weighted by atomic mass is 32.1. The molecule has 0 aliphatic carbocycles. The predicted molar refractivity (Wildman–Crippen MR) is 94.1 cm³/mol. The van der Waals surface area contributed by atoms with Crippen LogP contribution in [0.3, 0.4) is 0 Å². The minimum Gasteiger partial charge on any atom is -0.508 e. The van der Waals surface area contributed by atoms with E-state index in [9.17, 15) is 9.90 Å². The molecule has 0 heterocycles. The van der Waals surface area contributed by atoms with Crippen molar-refractivity contribution >= 4 is 23.2 Å². The highest BCUT2D eigenvalue weighted by molar-refractivity contribution is 7.80. The van der Waals surface area contributed by atoms with Crippen molar-refractivity contribution in [3.63, 3.8) is 0 Å². The lowest BCUT2D eigenvalue weighted by atomic mass is 10.1. The first-order chi connectivity index (χ1) is 11.1. The molecule has 120 valence electrons. The zero-order chi connectivity index (χ0) is 16.5. The van der Waals surface area contributed by atoms with E-state index in [4.69, 9.17) is 12.2 Å². The number of benzene rings is 2. The van der Waals surface area contributed by atoms with E-state index in [-0.39, 0.29) is 11.7 Å². The highest BCUT2D eigenvalue weighted by Gasteiger charge is 2.05. The third kappa shape index (κ3) is 5.96. The van der Waals surface area contributed by atoms with Gasteiger partial charge in [-0.05, 0) is 54.9 Å². The molecule has 0 fully saturated rings. The molecule has 2 rings (SSSR count). The molecule has 0 aliphatic heterocycles. The van der Waals surface area contributed by atoms with E-state index >= 15 is 0 Å². The van der Waals surface area contributed by atoms with E-state index in [1.807, 2.05) is 18.2 Å². The first-order valence-electron chi connectivity index (χ1n) is 7.32. The number of amides is 1. The molecule has 6 heteroatoms. The molecule has 0 aromatic heterocycles. The molecule has 23 heavy (non-hydrogen) atoms. The Balaban J connectivity index is 1.63. The van der Waals surface area contributed by atoms with Gasteiger partial charge >= 0.3 is 0 Å². The van der Waals surface area contributed by atoms with E-state index in [0.29, 0.717) is 10.7 Å².